The van der Waals surface area contributed by atoms with Crippen molar-refractivity contribution >= 4 is 35.0 Å². The minimum atomic E-state index is -4.59. The smallest absolute Gasteiger partial charge is 0.322 e. The van der Waals surface area contributed by atoms with Crippen LogP contribution in [0.3, 0.4) is 0 Å². The number of nitrogens with zero attached hydrogens (tertiary/aromatic N) is 6. The van der Waals surface area contributed by atoms with Gasteiger partial charge in [-0.2, -0.15) is 13.2 Å². The molecule has 0 atom stereocenters. The van der Waals surface area contributed by atoms with Crippen LogP contribution in [-0.2, 0) is 6.18 Å². The lowest BCUT2D eigenvalue weighted by molar-refractivity contribution is -0.137. The van der Waals surface area contributed by atoms with Crippen molar-refractivity contribution in [2.45, 2.75) is 20.0 Å². The first-order valence-electron chi connectivity index (χ1n) is 11.1. The van der Waals surface area contributed by atoms with Crippen LogP contribution in [0.15, 0.2) is 67.8 Å². The van der Waals surface area contributed by atoms with Crippen molar-refractivity contribution in [1.29, 1.82) is 0 Å². The Morgan fingerprint density at radius 3 is 2.62 bits per heavy atom. The van der Waals surface area contributed by atoms with Crippen molar-refractivity contribution in [3.05, 3.63) is 95.7 Å². The quantitative estimate of drug-likeness (QED) is 0.341. The van der Waals surface area contributed by atoms with Crippen LogP contribution < -0.4 is 5.32 Å². The number of benzene rings is 2. The monoisotopic (exact) mass is 503 g/mol. The summed E-state index contributed by atoms with van der Waals surface area (Å²) in [5.41, 5.74) is 3.24. The third kappa shape index (κ3) is 5.10. The van der Waals surface area contributed by atoms with Crippen LogP contribution in [-0.4, -0.2) is 35.0 Å². The average molecular weight is 503 g/mol. The Morgan fingerprint density at radius 1 is 1.03 bits per heavy atom. The van der Waals surface area contributed by atoms with Crippen molar-refractivity contribution in [3.8, 4) is 5.69 Å². The number of aryl methyl sites for hydroxylation is 2. The predicted octanol–water partition coefficient (Wildman–Crippen LogP) is 5.53. The number of aromatic nitrogens is 6. The van der Waals surface area contributed by atoms with Crippen molar-refractivity contribution in [1.82, 2.24) is 29.1 Å². The van der Waals surface area contributed by atoms with E-state index in [1.165, 1.54) is 23.3 Å². The molecule has 3 heterocycles. The molecule has 0 saturated heterocycles. The third-order valence-electron chi connectivity index (χ3n) is 5.71. The second-order valence-corrected chi connectivity index (χ2v) is 8.41. The molecule has 11 heteroatoms. The molecular weight excluding hydrogens is 483 g/mol. The summed E-state index contributed by atoms with van der Waals surface area (Å²) in [5, 5.41) is 2.60. The zero-order chi connectivity index (χ0) is 26.2. The zero-order valence-electron chi connectivity index (χ0n) is 19.7. The van der Waals surface area contributed by atoms with Crippen molar-refractivity contribution in [3.63, 3.8) is 0 Å². The summed E-state index contributed by atoms with van der Waals surface area (Å²) in [6, 6.07) is 8.45. The Kier molecular flexibility index (Phi) is 6.04. The number of rotatable bonds is 5. The minimum absolute atomic E-state index is 0.0171. The minimum Gasteiger partial charge on any atom is -0.322 e. The molecule has 1 amide bonds. The van der Waals surface area contributed by atoms with Gasteiger partial charge in [0.2, 0.25) is 0 Å². The van der Waals surface area contributed by atoms with Gasteiger partial charge in [-0.25, -0.2) is 19.9 Å². The van der Waals surface area contributed by atoms with Gasteiger partial charge >= 0.3 is 6.18 Å². The number of imidazole rings is 2. The molecule has 0 unspecified atom stereocenters. The van der Waals surface area contributed by atoms with E-state index < -0.39 is 17.6 Å². The molecular formula is C26H20F3N7O. The highest BCUT2D eigenvalue weighted by Crippen LogP contribution is 2.33. The molecule has 0 bridgehead atoms. The first-order chi connectivity index (χ1) is 17.7. The van der Waals surface area contributed by atoms with Gasteiger partial charge in [0.25, 0.3) is 5.91 Å². The number of halogens is 3. The number of hydrogen-bond donors (Lipinski definition) is 1. The van der Waals surface area contributed by atoms with E-state index in [2.05, 4.69) is 25.3 Å². The molecule has 186 valence electrons. The van der Waals surface area contributed by atoms with E-state index >= 15 is 0 Å². The number of hydrogen-bond acceptors (Lipinski definition) is 5. The van der Waals surface area contributed by atoms with Crippen molar-refractivity contribution in [2.75, 3.05) is 5.32 Å². The molecule has 8 nitrogen and oxygen atoms in total. The van der Waals surface area contributed by atoms with E-state index in [4.69, 9.17) is 0 Å². The van der Waals surface area contributed by atoms with Gasteiger partial charge in [0, 0.05) is 29.3 Å². The van der Waals surface area contributed by atoms with Crippen molar-refractivity contribution < 1.29 is 18.0 Å². The molecule has 0 spiro atoms. The number of carbonyl (C=O) groups is 1. The standard InChI is InChI=1S/C26H20F3N7O/c1-16-3-4-19(7-18(16)5-6-35-15-33-23-11-30-13-31-24(23)35)25(37)34-21-8-20(26(27,28)29)9-22(10-21)36-12-17(2)32-14-36/h3-15H,1-2H3,(H,34,37)/b6-5+. The summed E-state index contributed by atoms with van der Waals surface area (Å²) in [6.07, 6.45) is 6.65. The van der Waals surface area contributed by atoms with Gasteiger partial charge < -0.3 is 9.88 Å². The van der Waals surface area contributed by atoms with Crippen LogP contribution >= 0.6 is 0 Å². The molecule has 0 fully saturated rings. The SMILES string of the molecule is Cc1cn(-c2cc(NC(=O)c3ccc(C)c(/C=C/n4cnc5cncnc54)c3)cc(C(F)(F)F)c2)cn1. The Bertz CT molecular complexity index is 1650. The van der Waals surface area contributed by atoms with E-state index in [-0.39, 0.29) is 11.4 Å². The zero-order valence-corrected chi connectivity index (χ0v) is 19.7. The largest absolute Gasteiger partial charge is 0.416 e. The molecule has 0 aliphatic carbocycles. The van der Waals surface area contributed by atoms with E-state index in [1.807, 2.05) is 6.92 Å². The normalized spacial score (nSPS) is 11.9. The second-order valence-electron chi connectivity index (χ2n) is 8.41. The van der Waals surface area contributed by atoms with Crippen LogP contribution in [0.25, 0.3) is 29.1 Å². The maximum Gasteiger partial charge on any atom is 0.416 e. The fourth-order valence-corrected chi connectivity index (χ4v) is 3.78. The number of carbonyl (C=O) groups excluding carboxylic acids is 1. The highest BCUT2D eigenvalue weighted by atomic mass is 19.4. The second kappa shape index (κ2) is 9.34. The fourth-order valence-electron chi connectivity index (χ4n) is 3.78. The molecule has 0 aliphatic rings. The highest BCUT2D eigenvalue weighted by molar-refractivity contribution is 6.05. The molecule has 0 saturated carbocycles. The summed E-state index contributed by atoms with van der Waals surface area (Å²) in [6.45, 7) is 3.63. The Balaban J connectivity index is 1.43. The molecule has 3 aromatic heterocycles. The van der Waals surface area contributed by atoms with Gasteiger partial charge in [-0.1, -0.05) is 6.07 Å². The van der Waals surface area contributed by atoms with Crippen LogP contribution in [0.1, 0.15) is 32.7 Å². The Morgan fingerprint density at radius 2 is 1.86 bits per heavy atom. The third-order valence-corrected chi connectivity index (χ3v) is 5.71. The molecule has 2 aromatic carbocycles. The number of alkyl halides is 3. The van der Waals surface area contributed by atoms with Crippen molar-refractivity contribution in [2.24, 2.45) is 0 Å². The maximum absolute atomic E-state index is 13.6. The molecule has 37 heavy (non-hydrogen) atoms. The van der Waals surface area contributed by atoms with Gasteiger partial charge in [-0.15, -0.1) is 0 Å². The lowest BCUT2D eigenvalue weighted by Crippen LogP contribution is -2.14. The van der Waals surface area contributed by atoms with E-state index in [0.717, 1.165) is 23.3 Å². The van der Waals surface area contributed by atoms with Crippen LogP contribution in [0.5, 0.6) is 0 Å². The lowest BCUT2D eigenvalue weighted by atomic mass is 10.0. The van der Waals surface area contributed by atoms with Gasteiger partial charge in [-0.3, -0.25) is 9.36 Å². The number of nitrogens with one attached hydrogen (secondary N) is 1. The number of fused-ring (bicyclic) bond motifs is 1. The summed E-state index contributed by atoms with van der Waals surface area (Å²) in [7, 11) is 0. The molecule has 5 aromatic rings. The van der Waals surface area contributed by atoms with E-state index in [1.54, 1.807) is 60.7 Å². The van der Waals surface area contributed by atoms with E-state index in [9.17, 15) is 18.0 Å². The van der Waals surface area contributed by atoms with Crippen LogP contribution in [0.4, 0.5) is 18.9 Å². The number of anilines is 1. The topological polar surface area (TPSA) is 90.5 Å². The van der Waals surface area contributed by atoms with Gasteiger partial charge in [0.15, 0.2) is 5.65 Å². The summed E-state index contributed by atoms with van der Waals surface area (Å²) in [5.74, 6) is -0.539. The van der Waals surface area contributed by atoms with Gasteiger partial charge in [0.1, 0.15) is 18.2 Å². The fraction of sp³-hybridized carbons (Fsp3) is 0.115. The average Bonchev–Trinajstić information content (AvgIpc) is 3.49. The molecule has 1 N–H and O–H groups in total. The summed E-state index contributed by atoms with van der Waals surface area (Å²) in [4.78, 5) is 29.5. The summed E-state index contributed by atoms with van der Waals surface area (Å²) >= 11 is 0. The first kappa shape index (κ1) is 23.9. The van der Waals surface area contributed by atoms with Crippen LogP contribution in [0, 0.1) is 13.8 Å². The number of amides is 1. The van der Waals surface area contributed by atoms with E-state index in [0.29, 0.717) is 22.4 Å². The molecule has 0 radical (unpaired) electrons. The maximum atomic E-state index is 13.6. The highest BCUT2D eigenvalue weighted by Gasteiger charge is 2.31. The lowest BCUT2D eigenvalue weighted by Gasteiger charge is -2.14. The first-order valence-corrected chi connectivity index (χ1v) is 11.1. The van der Waals surface area contributed by atoms with Gasteiger partial charge in [-0.05, 0) is 61.4 Å². The van der Waals surface area contributed by atoms with Gasteiger partial charge in [0.05, 0.1) is 23.8 Å². The predicted molar refractivity (Wildman–Crippen MR) is 133 cm³/mol. The molecule has 5 rings (SSSR count). The van der Waals surface area contributed by atoms with Crippen LogP contribution in [0.2, 0.25) is 0 Å². The molecule has 0 aliphatic heterocycles. The Hall–Kier alpha value is -4.80. The summed E-state index contributed by atoms with van der Waals surface area (Å²) < 4.78 is 43.9. The Labute approximate surface area is 209 Å².